The number of imidazole rings is 1. The fraction of sp³-hybridized carbons (Fsp3) is 0.528. The molecule has 4 aromatic rings. The minimum absolute atomic E-state index is 0.000506. The number of hydrogen-bond donors (Lipinski definition) is 0. The maximum absolute atomic E-state index is 7.31. The highest BCUT2D eigenvalue weighted by Gasteiger charge is 2.66. The molecule has 10 heteroatoms. The Balaban J connectivity index is 1.43. The first-order chi connectivity index (χ1) is 21.4. The van der Waals surface area contributed by atoms with Crippen molar-refractivity contribution in [1.82, 2.24) is 19.5 Å². The predicted octanol–water partition coefficient (Wildman–Crippen LogP) is 8.91. The molecule has 2 aliphatic rings. The summed E-state index contributed by atoms with van der Waals surface area (Å²) < 4.78 is 30.3. The highest BCUT2D eigenvalue weighted by Crippen LogP contribution is 2.56. The summed E-state index contributed by atoms with van der Waals surface area (Å²) in [5, 5.41) is -0.318. The van der Waals surface area contributed by atoms with Crippen molar-refractivity contribution in [2.75, 3.05) is 6.61 Å². The molecule has 2 saturated heterocycles. The molecule has 2 aromatic carbocycles. The quantitative estimate of drug-likeness (QED) is 0.198. The van der Waals surface area contributed by atoms with Crippen LogP contribution in [0.25, 0.3) is 33.5 Å². The van der Waals surface area contributed by atoms with Gasteiger partial charge >= 0.3 is 8.56 Å². The van der Waals surface area contributed by atoms with Crippen LogP contribution in [0.1, 0.15) is 68.5 Å². The van der Waals surface area contributed by atoms with Gasteiger partial charge in [0.2, 0.25) is 0 Å². The van der Waals surface area contributed by atoms with Gasteiger partial charge in [-0.1, -0.05) is 111 Å². The maximum atomic E-state index is 7.31. The van der Waals surface area contributed by atoms with Crippen LogP contribution in [0.15, 0.2) is 67.3 Å². The summed E-state index contributed by atoms with van der Waals surface area (Å²) in [6, 6.07) is 18.8. The normalized spacial score (nSPS) is 23.9. The molecular weight excluding hydrogens is 609 g/mol. The van der Waals surface area contributed by atoms with Gasteiger partial charge in [-0.25, -0.2) is 15.0 Å². The van der Waals surface area contributed by atoms with Crippen molar-refractivity contribution in [2.24, 2.45) is 0 Å². The van der Waals surface area contributed by atoms with Crippen molar-refractivity contribution in [3.63, 3.8) is 0 Å². The standard InChI is InChI=1S/C36H50N4O4Si2/c1-34(2,3)45(10,11)43-31-30-27(21-41-46(44-30,35(4,5)6)36(7,8)9)42-33(31)40-23-39-29-28(37-22-38-32(29)40)26-19-15-18-25(20-26)24-16-13-12-14-17-24/h12-20,22-23,27,30-31,33H,21H2,1-11H3/t27-,30-,31+,33-/m1/s1. The smallest absolute Gasteiger partial charge is 0.349 e. The zero-order chi connectivity index (χ0) is 33.3. The van der Waals surface area contributed by atoms with Crippen molar-refractivity contribution in [1.29, 1.82) is 0 Å². The molecule has 4 atom stereocenters. The third kappa shape index (κ3) is 5.60. The van der Waals surface area contributed by atoms with Crippen LogP contribution in [0.5, 0.6) is 0 Å². The third-order valence-electron chi connectivity index (χ3n) is 10.1. The molecule has 246 valence electrons. The number of nitrogens with zero attached hydrogens (tertiary/aromatic N) is 4. The molecule has 2 aromatic heterocycles. The number of hydrogen-bond acceptors (Lipinski definition) is 7. The highest BCUT2D eigenvalue weighted by molar-refractivity contribution is 6.74. The lowest BCUT2D eigenvalue weighted by atomic mass is 10.0. The van der Waals surface area contributed by atoms with Crippen molar-refractivity contribution in [2.45, 2.75) is 115 Å². The van der Waals surface area contributed by atoms with Crippen molar-refractivity contribution in [3.05, 3.63) is 67.3 Å². The average molecular weight is 659 g/mol. The van der Waals surface area contributed by atoms with Crippen LogP contribution in [0, 0.1) is 0 Å². The molecule has 46 heavy (non-hydrogen) atoms. The van der Waals surface area contributed by atoms with Gasteiger partial charge in [0.05, 0.1) is 12.9 Å². The van der Waals surface area contributed by atoms with E-state index in [4.69, 9.17) is 33.0 Å². The van der Waals surface area contributed by atoms with E-state index in [1.807, 2.05) is 17.0 Å². The van der Waals surface area contributed by atoms with Gasteiger partial charge in [0.15, 0.2) is 20.2 Å². The van der Waals surface area contributed by atoms with E-state index in [0.717, 1.165) is 27.9 Å². The van der Waals surface area contributed by atoms with Gasteiger partial charge in [0, 0.05) is 15.6 Å². The Kier molecular flexibility index (Phi) is 8.26. The van der Waals surface area contributed by atoms with Gasteiger partial charge in [-0.05, 0) is 35.3 Å². The SMILES string of the molecule is CC(C)(C)[Si](C)(C)O[C@H]1[C@@H]2O[Si](C(C)(C)C)(C(C)(C)C)OC[C@H]2O[C@H]1n1cnc2c(-c3cccc(-c4ccccc4)c3)ncnc21. The molecule has 8 nitrogen and oxygen atoms in total. The van der Waals surface area contributed by atoms with Crippen LogP contribution in [0.2, 0.25) is 28.2 Å². The topological polar surface area (TPSA) is 80.5 Å². The lowest BCUT2D eigenvalue weighted by molar-refractivity contribution is -0.0795. The van der Waals surface area contributed by atoms with E-state index in [2.05, 4.69) is 124 Å². The maximum Gasteiger partial charge on any atom is 0.349 e. The Morgan fingerprint density at radius 2 is 1.48 bits per heavy atom. The molecule has 2 aliphatic heterocycles. The van der Waals surface area contributed by atoms with Crippen LogP contribution < -0.4 is 0 Å². The van der Waals surface area contributed by atoms with E-state index < -0.39 is 23.1 Å². The first-order valence-corrected chi connectivity index (χ1v) is 21.1. The minimum Gasteiger partial charge on any atom is -0.407 e. The Hall–Kier alpha value is -2.74. The Morgan fingerprint density at radius 1 is 0.826 bits per heavy atom. The Bertz CT molecular complexity index is 1690. The zero-order valence-corrected chi connectivity index (χ0v) is 31.3. The Morgan fingerprint density at radius 3 is 2.13 bits per heavy atom. The monoisotopic (exact) mass is 658 g/mol. The fourth-order valence-electron chi connectivity index (χ4n) is 6.91. The molecule has 2 fully saturated rings. The van der Waals surface area contributed by atoms with Crippen LogP contribution >= 0.6 is 0 Å². The lowest BCUT2D eigenvalue weighted by Crippen LogP contribution is -2.66. The molecule has 0 radical (unpaired) electrons. The first-order valence-electron chi connectivity index (χ1n) is 16.4. The number of ether oxygens (including phenoxy) is 1. The Labute approximate surface area is 276 Å². The summed E-state index contributed by atoms with van der Waals surface area (Å²) in [5.41, 5.74) is 5.47. The van der Waals surface area contributed by atoms with Crippen LogP contribution in [0.4, 0.5) is 0 Å². The zero-order valence-electron chi connectivity index (χ0n) is 29.3. The third-order valence-corrected chi connectivity index (χ3v) is 19.7. The van der Waals surface area contributed by atoms with Crippen LogP contribution in [0.3, 0.4) is 0 Å². The summed E-state index contributed by atoms with van der Waals surface area (Å²) in [4.78, 5) is 14.4. The number of fused-ring (bicyclic) bond motifs is 2. The summed E-state index contributed by atoms with van der Waals surface area (Å²) in [5.74, 6) is 0. The molecule has 0 saturated carbocycles. The van der Waals surface area contributed by atoms with Crippen LogP contribution in [-0.2, 0) is 18.0 Å². The van der Waals surface area contributed by atoms with Gasteiger partial charge in [0.1, 0.15) is 35.8 Å². The average Bonchev–Trinajstić information content (AvgIpc) is 3.56. The lowest BCUT2D eigenvalue weighted by Gasteiger charge is -2.54. The molecule has 0 unspecified atom stereocenters. The molecule has 6 rings (SSSR count). The van der Waals surface area contributed by atoms with Gasteiger partial charge in [-0.2, -0.15) is 0 Å². The minimum atomic E-state index is -2.78. The number of aromatic nitrogens is 4. The molecular formula is C36H50N4O4Si2. The van der Waals surface area contributed by atoms with Gasteiger partial charge in [-0.15, -0.1) is 0 Å². The summed E-state index contributed by atoms with van der Waals surface area (Å²) in [6.45, 7) is 25.3. The summed E-state index contributed by atoms with van der Waals surface area (Å²) >= 11 is 0. The molecule has 0 aliphatic carbocycles. The van der Waals surface area contributed by atoms with E-state index in [9.17, 15) is 0 Å². The first kappa shape index (κ1) is 33.2. The van der Waals surface area contributed by atoms with Crippen molar-refractivity contribution in [3.8, 4) is 22.4 Å². The van der Waals surface area contributed by atoms with Gasteiger partial charge in [-0.3, -0.25) is 4.57 Å². The van der Waals surface area contributed by atoms with Crippen molar-refractivity contribution >= 4 is 28.0 Å². The van der Waals surface area contributed by atoms with E-state index >= 15 is 0 Å². The summed E-state index contributed by atoms with van der Waals surface area (Å²) in [6.07, 6.45) is 2.05. The van der Waals surface area contributed by atoms with Gasteiger partial charge < -0.3 is 18.0 Å². The fourth-order valence-corrected chi connectivity index (χ4v) is 13.2. The molecule has 4 heterocycles. The van der Waals surface area contributed by atoms with E-state index in [1.165, 1.54) is 0 Å². The molecule has 0 amide bonds. The second-order valence-corrected chi connectivity index (χ2v) is 25.9. The van der Waals surface area contributed by atoms with Gasteiger partial charge in [0.25, 0.3) is 0 Å². The van der Waals surface area contributed by atoms with Crippen LogP contribution in [-0.4, -0.2) is 61.3 Å². The number of benzene rings is 2. The van der Waals surface area contributed by atoms with E-state index in [0.29, 0.717) is 12.3 Å². The second-order valence-electron chi connectivity index (χ2n) is 16.4. The van der Waals surface area contributed by atoms with E-state index in [-0.39, 0.29) is 33.4 Å². The largest absolute Gasteiger partial charge is 0.407 e. The summed E-state index contributed by atoms with van der Waals surface area (Å²) in [7, 11) is -5.04. The number of rotatable bonds is 5. The molecule has 0 bridgehead atoms. The molecule has 0 spiro atoms. The highest BCUT2D eigenvalue weighted by atomic mass is 28.4. The molecule has 0 N–H and O–H groups in total. The van der Waals surface area contributed by atoms with Crippen molar-refractivity contribution < 1.29 is 18.0 Å². The second kappa shape index (κ2) is 11.5. The predicted molar refractivity (Wildman–Crippen MR) is 188 cm³/mol. The van der Waals surface area contributed by atoms with E-state index in [1.54, 1.807) is 6.33 Å².